The minimum atomic E-state index is -0.292. The van der Waals surface area contributed by atoms with Gasteiger partial charge in [-0.05, 0) is 79.3 Å². The molecule has 2 aliphatic carbocycles. The van der Waals surface area contributed by atoms with Crippen molar-refractivity contribution in [3.8, 4) is 0 Å². The first-order chi connectivity index (χ1) is 13.2. The number of rotatable bonds is 4. The molecule has 2 aromatic heterocycles. The first-order valence-electron chi connectivity index (χ1n) is 9.92. The van der Waals surface area contributed by atoms with Crippen molar-refractivity contribution in [2.75, 3.05) is 7.11 Å². The largest absolute Gasteiger partial charge is 0.465 e. The molecule has 1 N–H and O–H groups in total. The van der Waals surface area contributed by atoms with E-state index >= 15 is 0 Å². The van der Waals surface area contributed by atoms with E-state index in [-0.39, 0.29) is 5.97 Å². The van der Waals surface area contributed by atoms with E-state index < -0.39 is 0 Å². The van der Waals surface area contributed by atoms with Crippen molar-refractivity contribution in [3.05, 3.63) is 64.1 Å². The predicted octanol–water partition coefficient (Wildman–Crippen LogP) is 4.70. The van der Waals surface area contributed by atoms with Gasteiger partial charge in [0.1, 0.15) is 0 Å². The molecule has 0 radical (unpaired) electrons. The number of aromatic amines is 1. The summed E-state index contributed by atoms with van der Waals surface area (Å²) in [7, 11) is 1.44. The average molecular weight is 360 g/mol. The van der Waals surface area contributed by atoms with Crippen LogP contribution in [0.1, 0.15) is 70.0 Å². The van der Waals surface area contributed by atoms with E-state index in [1.54, 1.807) is 0 Å². The van der Waals surface area contributed by atoms with Crippen LogP contribution in [0, 0.1) is 0 Å². The number of carbonyl (C=O) groups is 1. The number of carbonyl (C=O) groups excluding carboxylic acids is 1. The molecule has 0 unspecified atom stereocenters. The fraction of sp³-hybridized carbons (Fsp3) is 0.391. The Kier molecular flexibility index (Phi) is 4.00. The van der Waals surface area contributed by atoms with Crippen molar-refractivity contribution in [3.63, 3.8) is 0 Å². The van der Waals surface area contributed by atoms with Gasteiger partial charge in [-0.2, -0.15) is 0 Å². The molecular formula is C23H24N2O2. The molecule has 0 atom stereocenters. The lowest BCUT2D eigenvalue weighted by atomic mass is 9.94. The molecule has 2 heterocycles. The molecule has 0 saturated heterocycles. The molecule has 2 aliphatic rings. The van der Waals surface area contributed by atoms with Gasteiger partial charge >= 0.3 is 5.97 Å². The van der Waals surface area contributed by atoms with Crippen LogP contribution in [0.2, 0.25) is 0 Å². The third-order valence-corrected chi connectivity index (χ3v) is 5.98. The quantitative estimate of drug-likeness (QED) is 0.686. The van der Waals surface area contributed by atoms with Crippen molar-refractivity contribution in [2.24, 2.45) is 0 Å². The van der Waals surface area contributed by atoms with Gasteiger partial charge in [0.15, 0.2) is 0 Å². The molecule has 3 aromatic rings. The maximum atomic E-state index is 12.3. The summed E-state index contributed by atoms with van der Waals surface area (Å²) in [6.45, 7) is 0. The summed E-state index contributed by atoms with van der Waals surface area (Å²) < 4.78 is 5.02. The van der Waals surface area contributed by atoms with Crippen LogP contribution in [0.5, 0.6) is 0 Å². The maximum absolute atomic E-state index is 12.3. The molecule has 0 spiro atoms. The zero-order valence-electron chi connectivity index (χ0n) is 15.7. The number of H-pyrrole nitrogens is 1. The van der Waals surface area contributed by atoms with Crippen molar-refractivity contribution < 1.29 is 9.53 Å². The smallest absolute Gasteiger partial charge is 0.339 e. The summed E-state index contributed by atoms with van der Waals surface area (Å²) >= 11 is 0. The Morgan fingerprint density at radius 3 is 2.89 bits per heavy atom. The van der Waals surface area contributed by atoms with Gasteiger partial charge in [0.2, 0.25) is 0 Å². The van der Waals surface area contributed by atoms with Gasteiger partial charge in [-0.15, -0.1) is 0 Å². The lowest BCUT2D eigenvalue weighted by Crippen LogP contribution is -2.09. The third-order valence-electron chi connectivity index (χ3n) is 5.98. The molecule has 27 heavy (non-hydrogen) atoms. The second-order valence-corrected chi connectivity index (χ2v) is 7.87. The highest BCUT2D eigenvalue weighted by Crippen LogP contribution is 2.40. The maximum Gasteiger partial charge on any atom is 0.339 e. The minimum Gasteiger partial charge on any atom is -0.465 e. The highest BCUT2D eigenvalue weighted by Gasteiger charge is 2.26. The number of methoxy groups -OCH3 is 1. The number of benzene rings is 1. The molecule has 0 bridgehead atoms. The predicted molar refractivity (Wildman–Crippen MR) is 105 cm³/mol. The van der Waals surface area contributed by atoms with Crippen LogP contribution in [0.4, 0.5) is 0 Å². The summed E-state index contributed by atoms with van der Waals surface area (Å²) in [5, 5.41) is 1.33. The Morgan fingerprint density at radius 2 is 2.07 bits per heavy atom. The Labute approximate surface area is 159 Å². The number of aromatic nitrogens is 2. The van der Waals surface area contributed by atoms with Gasteiger partial charge in [0, 0.05) is 29.2 Å². The van der Waals surface area contributed by atoms with Gasteiger partial charge in [-0.25, -0.2) is 4.79 Å². The first-order valence-corrected chi connectivity index (χ1v) is 9.92. The number of hydrogen-bond donors (Lipinski definition) is 1. The first kappa shape index (κ1) is 16.5. The minimum absolute atomic E-state index is 0.292. The van der Waals surface area contributed by atoms with Crippen molar-refractivity contribution in [1.29, 1.82) is 0 Å². The summed E-state index contributed by atoms with van der Waals surface area (Å²) in [6, 6.07) is 8.57. The highest BCUT2D eigenvalue weighted by atomic mass is 16.5. The van der Waals surface area contributed by atoms with Crippen LogP contribution in [-0.2, 0) is 24.0 Å². The highest BCUT2D eigenvalue weighted by molar-refractivity contribution is 5.91. The van der Waals surface area contributed by atoms with E-state index in [0.29, 0.717) is 17.9 Å². The molecule has 4 heteroatoms. The van der Waals surface area contributed by atoms with Crippen LogP contribution in [0.15, 0.2) is 30.5 Å². The summed E-state index contributed by atoms with van der Waals surface area (Å²) in [4.78, 5) is 20.5. The number of fused-ring (bicyclic) bond motifs is 3. The molecule has 1 fully saturated rings. The van der Waals surface area contributed by atoms with Crippen LogP contribution in [0.3, 0.4) is 0 Å². The topological polar surface area (TPSA) is 55.0 Å². The van der Waals surface area contributed by atoms with Crippen LogP contribution in [-0.4, -0.2) is 23.0 Å². The molecule has 4 nitrogen and oxygen atoms in total. The van der Waals surface area contributed by atoms with Gasteiger partial charge in [-0.1, -0.05) is 6.07 Å². The Balaban J connectivity index is 1.51. The zero-order valence-corrected chi connectivity index (χ0v) is 15.7. The molecule has 5 rings (SSSR count). The van der Waals surface area contributed by atoms with Gasteiger partial charge in [0.05, 0.1) is 18.4 Å². The lowest BCUT2D eigenvalue weighted by molar-refractivity contribution is 0.0599. The second kappa shape index (κ2) is 6.52. The van der Waals surface area contributed by atoms with Gasteiger partial charge in [0.25, 0.3) is 0 Å². The SMILES string of the molecule is COC(=O)c1cc(C2CC2)cnc1Cc1ccc2[nH]c3c(c2c1)CCCC3. The fourth-order valence-corrected chi connectivity index (χ4v) is 4.33. The fourth-order valence-electron chi connectivity index (χ4n) is 4.33. The van der Waals surface area contributed by atoms with Crippen LogP contribution >= 0.6 is 0 Å². The molecule has 0 amide bonds. The number of pyridine rings is 1. The number of hydrogen-bond acceptors (Lipinski definition) is 3. The monoisotopic (exact) mass is 360 g/mol. The van der Waals surface area contributed by atoms with E-state index in [9.17, 15) is 4.79 Å². The number of nitrogens with zero attached hydrogens (tertiary/aromatic N) is 1. The van der Waals surface area contributed by atoms with E-state index in [2.05, 4.69) is 28.2 Å². The second-order valence-electron chi connectivity index (χ2n) is 7.87. The average Bonchev–Trinajstić information content (AvgIpc) is 3.49. The molecule has 1 aromatic carbocycles. The van der Waals surface area contributed by atoms with Crippen LogP contribution < -0.4 is 0 Å². The normalized spacial score (nSPS) is 16.3. The zero-order chi connectivity index (χ0) is 18.4. The Hall–Kier alpha value is -2.62. The standard InChI is InChI=1S/C23H24N2O2/c1-27-23(26)19-12-16(15-7-8-15)13-24-22(19)11-14-6-9-21-18(10-14)17-4-2-3-5-20(17)25-21/h6,9-10,12-13,15,25H,2-5,7-8,11H2,1H3. The van der Waals surface area contributed by atoms with E-state index in [1.165, 1.54) is 60.5 Å². The van der Waals surface area contributed by atoms with Crippen LogP contribution in [0.25, 0.3) is 10.9 Å². The van der Waals surface area contributed by atoms with Crippen molar-refractivity contribution in [1.82, 2.24) is 9.97 Å². The number of aryl methyl sites for hydroxylation is 2. The Bertz CT molecular complexity index is 1030. The Morgan fingerprint density at radius 1 is 1.22 bits per heavy atom. The number of esters is 1. The van der Waals surface area contributed by atoms with Gasteiger partial charge < -0.3 is 9.72 Å². The molecule has 138 valence electrons. The van der Waals surface area contributed by atoms with Gasteiger partial charge in [-0.3, -0.25) is 4.98 Å². The number of ether oxygens (including phenoxy) is 1. The lowest BCUT2D eigenvalue weighted by Gasteiger charge is -2.11. The van der Waals surface area contributed by atoms with Crippen molar-refractivity contribution in [2.45, 2.75) is 50.9 Å². The third kappa shape index (κ3) is 3.03. The van der Waals surface area contributed by atoms with E-state index in [4.69, 9.17) is 4.74 Å². The van der Waals surface area contributed by atoms with E-state index in [1.807, 2.05) is 12.3 Å². The van der Waals surface area contributed by atoms with Crippen molar-refractivity contribution >= 4 is 16.9 Å². The molecule has 0 aliphatic heterocycles. The molecule has 1 saturated carbocycles. The summed E-state index contributed by atoms with van der Waals surface area (Å²) in [5.74, 6) is 0.276. The van der Waals surface area contributed by atoms with E-state index in [0.717, 1.165) is 24.1 Å². The summed E-state index contributed by atoms with van der Waals surface area (Å²) in [5.41, 5.74) is 7.85. The summed E-state index contributed by atoms with van der Waals surface area (Å²) in [6.07, 6.45) is 9.80. The number of nitrogens with one attached hydrogen (secondary N) is 1. The molecular weight excluding hydrogens is 336 g/mol.